The van der Waals surface area contributed by atoms with Crippen molar-refractivity contribution in [3.05, 3.63) is 58.6 Å². The number of rotatable bonds is 2. The first kappa shape index (κ1) is 16.5. The molecule has 2 amide bonds. The summed E-state index contributed by atoms with van der Waals surface area (Å²) in [4.78, 5) is 30.3. The molecule has 4 rings (SSSR count). The number of carbonyl (C=O) groups is 2. The Bertz CT molecular complexity index is 966. The van der Waals surface area contributed by atoms with Crippen molar-refractivity contribution < 1.29 is 14.3 Å². The Labute approximate surface area is 154 Å². The molecule has 1 aromatic heterocycles. The zero-order chi connectivity index (χ0) is 18.1. The van der Waals surface area contributed by atoms with Gasteiger partial charge in [0.1, 0.15) is 0 Å². The van der Waals surface area contributed by atoms with Crippen molar-refractivity contribution in [1.29, 1.82) is 0 Å². The lowest BCUT2D eigenvalue weighted by atomic mass is 9.99. The van der Waals surface area contributed by atoms with Crippen LogP contribution in [0.1, 0.15) is 20.9 Å². The van der Waals surface area contributed by atoms with E-state index in [-0.39, 0.29) is 12.0 Å². The molecule has 0 saturated heterocycles. The third kappa shape index (κ3) is 3.13. The van der Waals surface area contributed by atoms with E-state index in [9.17, 15) is 9.59 Å². The summed E-state index contributed by atoms with van der Waals surface area (Å²) in [6, 6.07) is 13.5. The van der Waals surface area contributed by atoms with Crippen LogP contribution in [-0.2, 0) is 17.7 Å². The fourth-order valence-electron chi connectivity index (χ4n) is 3.07. The van der Waals surface area contributed by atoms with Gasteiger partial charge < -0.3 is 15.0 Å². The SMILES string of the molecule is COC(=O)N1CCc2ccc(NC(=O)c3nc4ccccc4s3)cc2C1. The van der Waals surface area contributed by atoms with Crippen LogP contribution in [0.5, 0.6) is 0 Å². The number of ether oxygens (including phenoxy) is 1. The fraction of sp³-hybridized carbons (Fsp3) is 0.211. The van der Waals surface area contributed by atoms with Gasteiger partial charge in [-0.2, -0.15) is 0 Å². The maximum atomic E-state index is 12.5. The van der Waals surface area contributed by atoms with Gasteiger partial charge in [-0.3, -0.25) is 4.79 Å². The van der Waals surface area contributed by atoms with E-state index >= 15 is 0 Å². The highest BCUT2D eigenvalue weighted by Gasteiger charge is 2.21. The molecule has 0 aliphatic carbocycles. The third-order valence-corrected chi connectivity index (χ3v) is 5.43. The number of carbonyl (C=O) groups excluding carboxylic acids is 2. The van der Waals surface area contributed by atoms with Gasteiger partial charge in [0.25, 0.3) is 5.91 Å². The lowest BCUT2D eigenvalue weighted by Gasteiger charge is -2.28. The molecule has 0 fully saturated rings. The maximum Gasteiger partial charge on any atom is 0.409 e. The average molecular weight is 367 g/mol. The molecule has 1 aliphatic rings. The number of nitrogens with zero attached hydrogens (tertiary/aromatic N) is 2. The van der Waals surface area contributed by atoms with Gasteiger partial charge in [0, 0.05) is 18.8 Å². The predicted molar refractivity (Wildman–Crippen MR) is 101 cm³/mol. The molecule has 1 N–H and O–H groups in total. The average Bonchev–Trinajstić information content (AvgIpc) is 3.11. The predicted octanol–water partition coefficient (Wildman–Crippen LogP) is 3.67. The minimum absolute atomic E-state index is 0.230. The summed E-state index contributed by atoms with van der Waals surface area (Å²) in [6.45, 7) is 1.12. The summed E-state index contributed by atoms with van der Waals surface area (Å²) < 4.78 is 5.78. The molecule has 1 aliphatic heterocycles. The molecule has 0 radical (unpaired) electrons. The second-order valence-corrected chi connectivity index (χ2v) is 7.10. The van der Waals surface area contributed by atoms with Crippen LogP contribution < -0.4 is 5.32 Å². The highest BCUT2D eigenvalue weighted by Crippen LogP contribution is 2.25. The molecular formula is C19H17N3O3S. The number of benzene rings is 2. The second-order valence-electron chi connectivity index (χ2n) is 6.07. The number of fused-ring (bicyclic) bond motifs is 2. The Balaban J connectivity index is 1.53. The molecule has 6 nitrogen and oxygen atoms in total. The number of aromatic nitrogens is 1. The van der Waals surface area contributed by atoms with Gasteiger partial charge in [-0.15, -0.1) is 11.3 Å². The van der Waals surface area contributed by atoms with E-state index in [0.717, 1.165) is 22.2 Å². The molecule has 7 heteroatoms. The minimum Gasteiger partial charge on any atom is -0.453 e. The van der Waals surface area contributed by atoms with Crippen LogP contribution in [0.3, 0.4) is 0 Å². The molecule has 0 saturated carbocycles. The minimum atomic E-state index is -0.334. The summed E-state index contributed by atoms with van der Waals surface area (Å²) in [5, 5.41) is 3.33. The monoisotopic (exact) mass is 367 g/mol. The molecule has 0 spiro atoms. The van der Waals surface area contributed by atoms with Gasteiger partial charge in [0.05, 0.1) is 17.3 Å². The Hall–Kier alpha value is -2.93. The van der Waals surface area contributed by atoms with Crippen molar-refractivity contribution >= 4 is 39.2 Å². The van der Waals surface area contributed by atoms with Crippen LogP contribution in [0.2, 0.25) is 0 Å². The second kappa shape index (κ2) is 6.76. The summed E-state index contributed by atoms with van der Waals surface area (Å²) in [5.74, 6) is -0.230. The summed E-state index contributed by atoms with van der Waals surface area (Å²) in [6.07, 6.45) is 0.441. The fourth-order valence-corrected chi connectivity index (χ4v) is 3.93. The van der Waals surface area contributed by atoms with E-state index in [1.807, 2.05) is 42.5 Å². The van der Waals surface area contributed by atoms with E-state index in [2.05, 4.69) is 10.3 Å². The van der Waals surface area contributed by atoms with Crippen LogP contribution in [0.15, 0.2) is 42.5 Å². The molecule has 0 bridgehead atoms. The van der Waals surface area contributed by atoms with E-state index in [1.165, 1.54) is 24.0 Å². The number of methoxy groups -OCH3 is 1. The van der Waals surface area contributed by atoms with E-state index in [1.54, 1.807) is 4.90 Å². The van der Waals surface area contributed by atoms with Crippen LogP contribution in [0.4, 0.5) is 10.5 Å². The topological polar surface area (TPSA) is 71.5 Å². The Kier molecular flexibility index (Phi) is 4.30. The van der Waals surface area contributed by atoms with Crippen LogP contribution in [0, 0.1) is 0 Å². The first-order valence-electron chi connectivity index (χ1n) is 8.25. The van der Waals surface area contributed by atoms with Crippen LogP contribution in [0.25, 0.3) is 10.2 Å². The largest absolute Gasteiger partial charge is 0.453 e. The molecule has 2 aromatic carbocycles. The zero-order valence-electron chi connectivity index (χ0n) is 14.2. The molecule has 2 heterocycles. The highest BCUT2D eigenvalue weighted by molar-refractivity contribution is 7.20. The number of hydrogen-bond donors (Lipinski definition) is 1. The van der Waals surface area contributed by atoms with Crippen molar-refractivity contribution in [2.24, 2.45) is 0 Å². The molecule has 0 atom stereocenters. The summed E-state index contributed by atoms with van der Waals surface area (Å²) in [5.41, 5.74) is 3.72. The number of hydrogen-bond acceptors (Lipinski definition) is 5. The van der Waals surface area contributed by atoms with E-state index in [4.69, 9.17) is 4.74 Å². The summed E-state index contributed by atoms with van der Waals surface area (Å²) >= 11 is 1.37. The zero-order valence-corrected chi connectivity index (χ0v) is 15.0. The number of nitrogens with one attached hydrogen (secondary N) is 1. The van der Waals surface area contributed by atoms with Gasteiger partial charge in [0.15, 0.2) is 5.01 Å². The smallest absolute Gasteiger partial charge is 0.409 e. The van der Waals surface area contributed by atoms with Crippen molar-refractivity contribution in [3.8, 4) is 0 Å². The lowest BCUT2D eigenvalue weighted by Crippen LogP contribution is -2.35. The van der Waals surface area contributed by atoms with Crippen LogP contribution >= 0.6 is 11.3 Å². The molecule has 3 aromatic rings. The first-order chi connectivity index (χ1) is 12.6. The van der Waals surface area contributed by atoms with Gasteiger partial charge >= 0.3 is 6.09 Å². The Morgan fingerprint density at radius 2 is 2.04 bits per heavy atom. The quantitative estimate of drug-likeness (QED) is 0.750. The van der Waals surface area contributed by atoms with Gasteiger partial charge in [-0.25, -0.2) is 9.78 Å². The summed E-state index contributed by atoms with van der Waals surface area (Å²) in [7, 11) is 1.38. The third-order valence-electron chi connectivity index (χ3n) is 4.40. The van der Waals surface area contributed by atoms with Crippen molar-refractivity contribution in [3.63, 3.8) is 0 Å². The standard InChI is InChI=1S/C19H17N3O3S/c1-25-19(24)22-9-8-12-6-7-14(10-13(12)11-22)20-17(23)18-21-15-4-2-3-5-16(15)26-18/h2-7,10H,8-9,11H2,1H3,(H,20,23). The lowest BCUT2D eigenvalue weighted by molar-refractivity contribution is 0.102. The number of para-hydroxylation sites is 1. The van der Waals surface area contributed by atoms with E-state index in [0.29, 0.717) is 23.8 Å². The van der Waals surface area contributed by atoms with Crippen molar-refractivity contribution in [2.45, 2.75) is 13.0 Å². The number of thiazole rings is 1. The van der Waals surface area contributed by atoms with Gasteiger partial charge in [0.2, 0.25) is 0 Å². The van der Waals surface area contributed by atoms with Gasteiger partial charge in [-0.05, 0) is 41.8 Å². The van der Waals surface area contributed by atoms with Crippen molar-refractivity contribution in [1.82, 2.24) is 9.88 Å². The molecular weight excluding hydrogens is 350 g/mol. The highest BCUT2D eigenvalue weighted by atomic mass is 32.1. The molecule has 132 valence electrons. The van der Waals surface area contributed by atoms with E-state index < -0.39 is 0 Å². The normalized spacial score (nSPS) is 13.3. The number of amides is 2. The Morgan fingerprint density at radius 3 is 2.85 bits per heavy atom. The van der Waals surface area contributed by atoms with Crippen LogP contribution in [-0.4, -0.2) is 35.5 Å². The molecule has 0 unspecified atom stereocenters. The maximum absolute atomic E-state index is 12.5. The van der Waals surface area contributed by atoms with Crippen molar-refractivity contribution in [2.75, 3.05) is 19.0 Å². The Morgan fingerprint density at radius 1 is 1.19 bits per heavy atom. The number of anilines is 1. The first-order valence-corrected chi connectivity index (χ1v) is 9.07. The van der Waals surface area contributed by atoms with Gasteiger partial charge in [-0.1, -0.05) is 18.2 Å². The molecule has 26 heavy (non-hydrogen) atoms.